The summed E-state index contributed by atoms with van der Waals surface area (Å²) in [7, 11) is 0. The molecule has 5 nitrogen and oxygen atoms in total. The van der Waals surface area contributed by atoms with E-state index in [0.29, 0.717) is 11.3 Å². The maximum absolute atomic E-state index is 12.9. The Bertz CT molecular complexity index is 696. The van der Waals surface area contributed by atoms with Crippen LogP contribution in [0, 0.1) is 5.95 Å². The van der Waals surface area contributed by atoms with Crippen molar-refractivity contribution in [2.75, 3.05) is 5.32 Å². The Kier molecular flexibility index (Phi) is 4.40. The maximum Gasteiger partial charge on any atom is 0.328 e. The van der Waals surface area contributed by atoms with E-state index >= 15 is 0 Å². The number of carbonyl (C=O) groups is 2. The molecule has 0 saturated carbocycles. The van der Waals surface area contributed by atoms with Crippen molar-refractivity contribution in [3.8, 4) is 0 Å². The molecule has 106 valence electrons. The van der Waals surface area contributed by atoms with Gasteiger partial charge < -0.3 is 10.4 Å². The number of hydrogen-bond acceptors (Lipinski definition) is 3. The number of hydrogen-bond donors (Lipinski definition) is 2. The van der Waals surface area contributed by atoms with Crippen LogP contribution in [0.5, 0.6) is 0 Å². The van der Waals surface area contributed by atoms with Crippen LogP contribution in [0.4, 0.5) is 10.1 Å². The molecule has 0 saturated heterocycles. The van der Waals surface area contributed by atoms with E-state index in [-0.39, 0.29) is 5.69 Å². The molecule has 0 aliphatic carbocycles. The van der Waals surface area contributed by atoms with E-state index < -0.39 is 17.8 Å². The average Bonchev–Trinajstić information content (AvgIpc) is 2.46. The van der Waals surface area contributed by atoms with Crippen LogP contribution in [-0.2, 0) is 4.79 Å². The Balaban J connectivity index is 2.06. The lowest BCUT2D eigenvalue weighted by Gasteiger charge is -2.05. The van der Waals surface area contributed by atoms with Gasteiger partial charge >= 0.3 is 5.97 Å². The number of anilines is 1. The molecule has 2 rings (SSSR count). The van der Waals surface area contributed by atoms with Gasteiger partial charge in [-0.05, 0) is 35.9 Å². The van der Waals surface area contributed by atoms with E-state index in [1.807, 2.05) is 0 Å². The predicted octanol–water partition coefficient (Wildman–Crippen LogP) is 2.57. The number of amides is 1. The molecule has 0 bridgehead atoms. The Morgan fingerprint density at radius 1 is 1.14 bits per heavy atom. The van der Waals surface area contributed by atoms with Crippen molar-refractivity contribution in [2.45, 2.75) is 0 Å². The largest absolute Gasteiger partial charge is 0.478 e. The second-order valence-electron chi connectivity index (χ2n) is 4.09. The molecule has 2 N–H and O–H groups in total. The number of benzene rings is 1. The molecule has 1 aromatic heterocycles. The van der Waals surface area contributed by atoms with Crippen molar-refractivity contribution in [1.29, 1.82) is 0 Å². The van der Waals surface area contributed by atoms with E-state index in [1.54, 1.807) is 24.3 Å². The summed E-state index contributed by atoms with van der Waals surface area (Å²) in [5.41, 5.74) is 1.16. The van der Waals surface area contributed by atoms with Gasteiger partial charge in [-0.2, -0.15) is 4.39 Å². The van der Waals surface area contributed by atoms with Gasteiger partial charge in [-0.1, -0.05) is 18.2 Å². The van der Waals surface area contributed by atoms with Crippen molar-refractivity contribution in [1.82, 2.24) is 4.98 Å². The number of halogens is 1. The zero-order valence-electron chi connectivity index (χ0n) is 10.8. The van der Waals surface area contributed by atoms with E-state index in [2.05, 4.69) is 10.3 Å². The molecule has 0 unspecified atom stereocenters. The standard InChI is InChI=1S/C15H11FN2O3/c16-13-3-1-2-12(18-13)15(21)17-11-7-4-10(5-8-11)6-9-14(19)20/h1-9H,(H,17,21)(H,19,20)/b9-6+. The van der Waals surface area contributed by atoms with Crippen LogP contribution in [0.2, 0.25) is 0 Å². The van der Waals surface area contributed by atoms with Gasteiger partial charge in [0.05, 0.1) is 0 Å². The van der Waals surface area contributed by atoms with Crippen molar-refractivity contribution in [3.05, 3.63) is 65.7 Å². The Morgan fingerprint density at radius 3 is 2.48 bits per heavy atom. The summed E-state index contributed by atoms with van der Waals surface area (Å²) in [6.45, 7) is 0. The first-order valence-electron chi connectivity index (χ1n) is 5.99. The third-order valence-corrected chi connectivity index (χ3v) is 2.53. The normalized spacial score (nSPS) is 10.5. The fraction of sp³-hybridized carbons (Fsp3) is 0. The Hall–Kier alpha value is -3.02. The Morgan fingerprint density at radius 2 is 1.86 bits per heavy atom. The predicted molar refractivity (Wildman–Crippen MR) is 75.3 cm³/mol. The molecule has 1 amide bonds. The summed E-state index contributed by atoms with van der Waals surface area (Å²) < 4.78 is 12.9. The van der Waals surface area contributed by atoms with Gasteiger partial charge in [-0.15, -0.1) is 0 Å². The lowest BCUT2D eigenvalue weighted by atomic mass is 10.2. The second-order valence-corrected chi connectivity index (χ2v) is 4.09. The highest BCUT2D eigenvalue weighted by Gasteiger charge is 2.08. The molecule has 0 atom stereocenters. The SMILES string of the molecule is O=C(O)/C=C/c1ccc(NC(=O)c2cccc(F)n2)cc1. The lowest BCUT2D eigenvalue weighted by Crippen LogP contribution is -2.14. The zero-order valence-corrected chi connectivity index (χ0v) is 10.8. The third-order valence-electron chi connectivity index (χ3n) is 2.53. The second kappa shape index (κ2) is 6.42. The summed E-state index contributed by atoms with van der Waals surface area (Å²) in [4.78, 5) is 25.7. The number of rotatable bonds is 4. The third kappa shape index (κ3) is 4.24. The molecular weight excluding hydrogens is 275 g/mol. The molecule has 0 aliphatic rings. The number of carboxylic acids is 1. The quantitative estimate of drug-likeness (QED) is 0.668. The first-order chi connectivity index (χ1) is 10.0. The van der Waals surface area contributed by atoms with Crippen molar-refractivity contribution in [3.63, 3.8) is 0 Å². The van der Waals surface area contributed by atoms with Gasteiger partial charge in [0.1, 0.15) is 5.69 Å². The minimum Gasteiger partial charge on any atom is -0.478 e. The van der Waals surface area contributed by atoms with E-state index in [4.69, 9.17) is 5.11 Å². The summed E-state index contributed by atoms with van der Waals surface area (Å²) in [5, 5.41) is 11.1. The summed E-state index contributed by atoms with van der Waals surface area (Å²) in [6, 6.07) is 10.5. The van der Waals surface area contributed by atoms with Crippen LogP contribution in [-0.4, -0.2) is 22.0 Å². The molecular formula is C15H11FN2O3. The molecule has 0 fully saturated rings. The molecule has 21 heavy (non-hydrogen) atoms. The smallest absolute Gasteiger partial charge is 0.328 e. The highest BCUT2D eigenvalue weighted by molar-refractivity contribution is 6.02. The van der Waals surface area contributed by atoms with Gasteiger partial charge in [0.25, 0.3) is 5.91 Å². The fourth-order valence-corrected chi connectivity index (χ4v) is 1.57. The highest BCUT2D eigenvalue weighted by Crippen LogP contribution is 2.12. The molecule has 6 heteroatoms. The Labute approximate surface area is 119 Å². The number of carbonyl (C=O) groups excluding carboxylic acids is 1. The first-order valence-corrected chi connectivity index (χ1v) is 5.99. The molecule has 2 aromatic rings. The van der Waals surface area contributed by atoms with Crippen molar-refractivity contribution >= 4 is 23.6 Å². The van der Waals surface area contributed by atoms with Gasteiger partial charge in [-0.25, -0.2) is 9.78 Å². The fourth-order valence-electron chi connectivity index (χ4n) is 1.57. The molecule has 0 radical (unpaired) electrons. The van der Waals surface area contributed by atoms with Gasteiger partial charge in [0, 0.05) is 11.8 Å². The monoisotopic (exact) mass is 286 g/mol. The molecule has 1 heterocycles. The van der Waals surface area contributed by atoms with Crippen LogP contribution in [0.25, 0.3) is 6.08 Å². The van der Waals surface area contributed by atoms with Crippen molar-refractivity contribution < 1.29 is 19.1 Å². The van der Waals surface area contributed by atoms with Crippen LogP contribution >= 0.6 is 0 Å². The number of aromatic nitrogens is 1. The van der Waals surface area contributed by atoms with Gasteiger partial charge in [0.2, 0.25) is 5.95 Å². The number of nitrogens with zero attached hydrogens (tertiary/aromatic N) is 1. The number of pyridine rings is 1. The number of aliphatic carboxylic acids is 1. The minimum absolute atomic E-state index is 0.0233. The molecule has 0 spiro atoms. The molecule has 1 aromatic carbocycles. The van der Waals surface area contributed by atoms with Crippen LogP contribution < -0.4 is 5.32 Å². The van der Waals surface area contributed by atoms with Crippen LogP contribution in [0.15, 0.2) is 48.5 Å². The van der Waals surface area contributed by atoms with Gasteiger partial charge in [-0.3, -0.25) is 4.79 Å². The summed E-state index contributed by atoms with van der Waals surface area (Å²) in [6.07, 6.45) is 2.45. The zero-order chi connectivity index (χ0) is 15.2. The average molecular weight is 286 g/mol. The minimum atomic E-state index is -1.04. The maximum atomic E-state index is 12.9. The van der Waals surface area contributed by atoms with Crippen LogP contribution in [0.3, 0.4) is 0 Å². The van der Waals surface area contributed by atoms with E-state index in [0.717, 1.165) is 12.1 Å². The number of carboxylic acid groups (broad SMARTS) is 1. The lowest BCUT2D eigenvalue weighted by molar-refractivity contribution is -0.131. The first kappa shape index (κ1) is 14.4. The summed E-state index contributed by atoms with van der Waals surface area (Å²) >= 11 is 0. The topological polar surface area (TPSA) is 79.3 Å². The highest BCUT2D eigenvalue weighted by atomic mass is 19.1. The summed E-state index contributed by atoms with van der Waals surface area (Å²) in [5.74, 6) is -2.29. The van der Waals surface area contributed by atoms with Crippen molar-refractivity contribution in [2.24, 2.45) is 0 Å². The van der Waals surface area contributed by atoms with Gasteiger partial charge in [0.15, 0.2) is 0 Å². The molecule has 0 aliphatic heterocycles. The van der Waals surface area contributed by atoms with E-state index in [1.165, 1.54) is 18.2 Å². The number of nitrogens with one attached hydrogen (secondary N) is 1. The van der Waals surface area contributed by atoms with E-state index in [9.17, 15) is 14.0 Å². The van der Waals surface area contributed by atoms with Crippen LogP contribution in [0.1, 0.15) is 16.1 Å².